The van der Waals surface area contributed by atoms with Crippen molar-refractivity contribution < 1.29 is 9.21 Å². The van der Waals surface area contributed by atoms with Crippen LogP contribution in [-0.4, -0.2) is 25.7 Å². The highest BCUT2D eigenvalue weighted by Gasteiger charge is 2.11. The van der Waals surface area contributed by atoms with Gasteiger partial charge in [-0.15, -0.1) is 0 Å². The summed E-state index contributed by atoms with van der Waals surface area (Å²) in [7, 11) is 0. The van der Waals surface area contributed by atoms with Gasteiger partial charge in [0.05, 0.1) is 11.9 Å². The molecule has 7 nitrogen and oxygen atoms in total. The van der Waals surface area contributed by atoms with Crippen LogP contribution in [0.15, 0.2) is 72.0 Å². The van der Waals surface area contributed by atoms with Gasteiger partial charge in [-0.05, 0) is 48.9 Å². The number of rotatable bonds is 4. The first-order valence-corrected chi connectivity index (χ1v) is 7.97. The zero-order valence-corrected chi connectivity index (χ0v) is 14.0. The van der Waals surface area contributed by atoms with Crippen LogP contribution in [0.4, 0.5) is 5.69 Å². The summed E-state index contributed by atoms with van der Waals surface area (Å²) in [4.78, 5) is 20.6. The lowest BCUT2D eigenvalue weighted by molar-refractivity contribution is 0.102. The van der Waals surface area contributed by atoms with E-state index in [1.807, 2.05) is 37.3 Å². The number of hydrogen-bond acceptors (Lipinski definition) is 5. The fraction of sp³-hybridized carbons (Fsp3) is 0.0526. The van der Waals surface area contributed by atoms with E-state index in [0.29, 0.717) is 17.1 Å². The summed E-state index contributed by atoms with van der Waals surface area (Å²) in [6.45, 7) is 1.93. The average Bonchev–Trinajstić information content (AvgIpc) is 3.38. The van der Waals surface area contributed by atoms with Crippen molar-refractivity contribution in [1.82, 2.24) is 19.7 Å². The molecule has 0 aliphatic heterocycles. The maximum Gasteiger partial charge on any atom is 0.255 e. The van der Waals surface area contributed by atoms with E-state index in [1.165, 1.54) is 12.6 Å². The highest BCUT2D eigenvalue weighted by atomic mass is 16.3. The molecule has 0 fully saturated rings. The first-order valence-electron chi connectivity index (χ1n) is 7.97. The van der Waals surface area contributed by atoms with Crippen LogP contribution in [0, 0.1) is 6.92 Å². The Kier molecular flexibility index (Phi) is 4.03. The Balaban J connectivity index is 1.55. The standard InChI is InChI=1S/C19H15N5O2/c1-13-2-3-15(19-21-8-9-26-19)10-17(13)23-18(25)14-4-6-16(7-5-14)24-12-20-11-22-24/h2-12H,1H3,(H,23,25). The zero-order chi connectivity index (χ0) is 17.9. The lowest BCUT2D eigenvalue weighted by Gasteiger charge is -2.10. The molecule has 0 aliphatic carbocycles. The van der Waals surface area contributed by atoms with Crippen molar-refractivity contribution >= 4 is 11.6 Å². The molecule has 2 aromatic carbocycles. The number of nitrogens with one attached hydrogen (secondary N) is 1. The number of hydrogen-bond donors (Lipinski definition) is 1. The lowest BCUT2D eigenvalue weighted by Crippen LogP contribution is -2.13. The smallest absolute Gasteiger partial charge is 0.255 e. The number of aryl methyl sites for hydroxylation is 1. The van der Waals surface area contributed by atoms with E-state index in [0.717, 1.165) is 16.8 Å². The minimum Gasteiger partial charge on any atom is -0.445 e. The molecule has 2 heterocycles. The van der Waals surface area contributed by atoms with Crippen LogP contribution in [0.25, 0.3) is 17.1 Å². The van der Waals surface area contributed by atoms with E-state index in [-0.39, 0.29) is 5.91 Å². The first kappa shape index (κ1) is 15.8. The van der Waals surface area contributed by atoms with Gasteiger partial charge >= 0.3 is 0 Å². The molecule has 4 aromatic rings. The molecule has 1 N–H and O–H groups in total. The summed E-state index contributed by atoms with van der Waals surface area (Å²) >= 11 is 0. The molecule has 26 heavy (non-hydrogen) atoms. The van der Waals surface area contributed by atoms with Gasteiger partial charge in [0.15, 0.2) is 0 Å². The summed E-state index contributed by atoms with van der Waals surface area (Å²) in [5.74, 6) is 0.320. The SMILES string of the molecule is Cc1ccc(-c2ncco2)cc1NC(=O)c1ccc(-n2cncn2)cc1. The number of anilines is 1. The van der Waals surface area contributed by atoms with Crippen molar-refractivity contribution in [3.63, 3.8) is 0 Å². The Morgan fingerprint density at radius 3 is 2.69 bits per heavy atom. The predicted molar refractivity (Wildman–Crippen MR) is 96.0 cm³/mol. The maximum absolute atomic E-state index is 12.6. The lowest BCUT2D eigenvalue weighted by atomic mass is 10.1. The molecule has 0 aliphatic rings. The number of oxazole rings is 1. The minimum atomic E-state index is -0.192. The monoisotopic (exact) mass is 345 g/mol. The molecular weight excluding hydrogens is 330 g/mol. The van der Waals surface area contributed by atoms with Gasteiger partial charge in [-0.1, -0.05) is 6.07 Å². The highest BCUT2D eigenvalue weighted by Crippen LogP contribution is 2.24. The van der Waals surface area contributed by atoms with Gasteiger partial charge in [-0.3, -0.25) is 4.79 Å². The number of carbonyl (C=O) groups is 1. The topological polar surface area (TPSA) is 85.8 Å². The molecule has 0 bridgehead atoms. The predicted octanol–water partition coefficient (Wildman–Crippen LogP) is 3.48. The summed E-state index contributed by atoms with van der Waals surface area (Å²) in [5.41, 5.74) is 3.85. The molecule has 2 aromatic heterocycles. The van der Waals surface area contributed by atoms with Gasteiger partial charge in [-0.2, -0.15) is 5.10 Å². The molecule has 0 unspecified atom stereocenters. The van der Waals surface area contributed by atoms with Crippen LogP contribution in [0.1, 0.15) is 15.9 Å². The minimum absolute atomic E-state index is 0.192. The van der Waals surface area contributed by atoms with Crippen LogP contribution in [0.5, 0.6) is 0 Å². The molecule has 0 atom stereocenters. The van der Waals surface area contributed by atoms with Gasteiger partial charge in [0, 0.05) is 16.8 Å². The Bertz CT molecular complexity index is 1020. The van der Waals surface area contributed by atoms with Gasteiger partial charge in [0.2, 0.25) is 5.89 Å². The molecule has 1 amide bonds. The number of carbonyl (C=O) groups excluding carboxylic acids is 1. The first-order chi connectivity index (χ1) is 12.7. The normalized spacial score (nSPS) is 10.7. The number of benzene rings is 2. The van der Waals surface area contributed by atoms with Crippen LogP contribution in [0.3, 0.4) is 0 Å². The van der Waals surface area contributed by atoms with Crippen molar-refractivity contribution in [1.29, 1.82) is 0 Å². The van der Waals surface area contributed by atoms with Crippen LogP contribution in [-0.2, 0) is 0 Å². The second-order valence-corrected chi connectivity index (χ2v) is 5.71. The third-order valence-electron chi connectivity index (χ3n) is 3.98. The Morgan fingerprint density at radius 2 is 2.00 bits per heavy atom. The second kappa shape index (κ2) is 6.64. The van der Waals surface area contributed by atoms with Gasteiger partial charge < -0.3 is 9.73 Å². The molecular formula is C19H15N5O2. The summed E-state index contributed by atoms with van der Waals surface area (Å²) < 4.78 is 6.95. The third-order valence-corrected chi connectivity index (χ3v) is 3.98. The Hall–Kier alpha value is -3.74. The second-order valence-electron chi connectivity index (χ2n) is 5.71. The van der Waals surface area contributed by atoms with Crippen LogP contribution in [0.2, 0.25) is 0 Å². The quantitative estimate of drug-likeness (QED) is 0.612. The van der Waals surface area contributed by atoms with Crippen LogP contribution >= 0.6 is 0 Å². The molecule has 0 saturated carbocycles. The van der Waals surface area contributed by atoms with E-state index < -0.39 is 0 Å². The van der Waals surface area contributed by atoms with Gasteiger partial charge in [0.1, 0.15) is 18.9 Å². The zero-order valence-electron chi connectivity index (χ0n) is 14.0. The number of nitrogens with zero attached hydrogens (tertiary/aromatic N) is 4. The molecule has 128 valence electrons. The fourth-order valence-electron chi connectivity index (χ4n) is 2.56. The van der Waals surface area contributed by atoms with Crippen molar-refractivity contribution in [2.24, 2.45) is 0 Å². The Labute approximate surface area is 149 Å². The average molecular weight is 345 g/mol. The van der Waals surface area contributed by atoms with Gasteiger partial charge in [-0.25, -0.2) is 14.6 Å². The van der Waals surface area contributed by atoms with Gasteiger partial charge in [0.25, 0.3) is 5.91 Å². The summed E-state index contributed by atoms with van der Waals surface area (Å²) in [6, 6.07) is 12.8. The molecule has 4 rings (SSSR count). The van der Waals surface area contributed by atoms with E-state index in [9.17, 15) is 4.79 Å². The highest BCUT2D eigenvalue weighted by molar-refractivity contribution is 6.05. The summed E-state index contributed by atoms with van der Waals surface area (Å²) in [6.07, 6.45) is 6.17. The number of aromatic nitrogens is 4. The third kappa shape index (κ3) is 3.10. The molecule has 0 saturated heterocycles. The largest absolute Gasteiger partial charge is 0.445 e. The van der Waals surface area contributed by atoms with Crippen molar-refractivity contribution in [2.45, 2.75) is 6.92 Å². The molecule has 0 spiro atoms. The van der Waals surface area contributed by atoms with E-state index >= 15 is 0 Å². The summed E-state index contributed by atoms with van der Waals surface area (Å²) in [5, 5.41) is 7.00. The molecule has 7 heteroatoms. The van der Waals surface area contributed by atoms with Crippen molar-refractivity contribution in [3.05, 3.63) is 78.7 Å². The van der Waals surface area contributed by atoms with Crippen molar-refractivity contribution in [3.8, 4) is 17.1 Å². The van der Waals surface area contributed by atoms with E-state index in [2.05, 4.69) is 20.4 Å². The van der Waals surface area contributed by atoms with Crippen LogP contribution < -0.4 is 5.32 Å². The van der Waals surface area contributed by atoms with E-state index in [1.54, 1.807) is 29.3 Å². The fourth-order valence-corrected chi connectivity index (χ4v) is 2.56. The maximum atomic E-state index is 12.6. The van der Waals surface area contributed by atoms with Crippen molar-refractivity contribution in [2.75, 3.05) is 5.32 Å². The Morgan fingerprint density at radius 1 is 1.15 bits per heavy atom. The molecule has 0 radical (unpaired) electrons. The van der Waals surface area contributed by atoms with E-state index in [4.69, 9.17) is 4.42 Å². The number of amides is 1.